The molecular weight excluding hydrogens is 351 g/mol. The minimum Gasteiger partial charge on any atom is -0.463 e. The molecule has 27 heavy (non-hydrogen) atoms. The lowest BCUT2D eigenvalue weighted by Gasteiger charge is -2.28. The van der Waals surface area contributed by atoms with Crippen molar-refractivity contribution in [3.8, 4) is 6.07 Å². The Bertz CT molecular complexity index is 852. The van der Waals surface area contributed by atoms with Crippen LogP contribution in [0.1, 0.15) is 30.9 Å². The number of nitrogens with zero attached hydrogens (tertiary/aromatic N) is 1. The fraction of sp³-hybridized carbons (Fsp3) is 0.300. The molecular formula is C20H21FN2O4. The van der Waals surface area contributed by atoms with Crippen LogP contribution in [0.4, 0.5) is 4.39 Å². The molecule has 6 nitrogen and oxygen atoms in total. The summed E-state index contributed by atoms with van der Waals surface area (Å²) < 4.78 is 29.8. The van der Waals surface area contributed by atoms with Gasteiger partial charge in [0.1, 0.15) is 23.2 Å². The highest BCUT2D eigenvalue weighted by atomic mass is 19.1. The van der Waals surface area contributed by atoms with E-state index in [9.17, 15) is 14.4 Å². The molecule has 0 saturated carbocycles. The van der Waals surface area contributed by atoms with Gasteiger partial charge in [0.05, 0.1) is 31.3 Å². The lowest BCUT2D eigenvalue weighted by Crippen LogP contribution is -2.26. The van der Waals surface area contributed by atoms with Crippen LogP contribution in [0.2, 0.25) is 0 Å². The van der Waals surface area contributed by atoms with Crippen molar-refractivity contribution in [1.82, 2.24) is 0 Å². The molecule has 0 amide bonds. The summed E-state index contributed by atoms with van der Waals surface area (Å²) in [4.78, 5) is 12.5. The number of hydrogen-bond acceptors (Lipinski definition) is 6. The number of ether oxygens (including phenoxy) is 3. The zero-order valence-corrected chi connectivity index (χ0v) is 15.3. The fourth-order valence-corrected chi connectivity index (χ4v) is 2.90. The third-order valence-electron chi connectivity index (χ3n) is 4.01. The van der Waals surface area contributed by atoms with E-state index in [1.165, 1.54) is 18.2 Å². The third-order valence-corrected chi connectivity index (χ3v) is 4.01. The number of rotatable bonds is 7. The first kappa shape index (κ1) is 20.2. The normalized spacial score (nSPS) is 16.6. The van der Waals surface area contributed by atoms with Gasteiger partial charge in [0.2, 0.25) is 5.88 Å². The van der Waals surface area contributed by atoms with Crippen LogP contribution in [0.25, 0.3) is 0 Å². The highest BCUT2D eigenvalue weighted by Crippen LogP contribution is 2.41. The van der Waals surface area contributed by atoms with Crippen molar-refractivity contribution in [2.45, 2.75) is 26.4 Å². The van der Waals surface area contributed by atoms with Gasteiger partial charge in [0.25, 0.3) is 0 Å². The number of allylic oxidation sites excluding steroid dienone is 2. The molecule has 0 aliphatic carbocycles. The van der Waals surface area contributed by atoms with Crippen molar-refractivity contribution >= 4 is 5.97 Å². The lowest BCUT2D eigenvalue weighted by molar-refractivity contribution is -0.139. The van der Waals surface area contributed by atoms with Gasteiger partial charge in [-0.25, -0.2) is 9.18 Å². The van der Waals surface area contributed by atoms with E-state index < -0.39 is 17.7 Å². The summed E-state index contributed by atoms with van der Waals surface area (Å²) in [5.74, 6) is -1.79. The molecule has 2 N–H and O–H groups in total. The average Bonchev–Trinajstić information content (AvgIpc) is 2.62. The van der Waals surface area contributed by atoms with E-state index >= 15 is 0 Å². The van der Waals surface area contributed by atoms with Crippen molar-refractivity contribution in [3.05, 3.63) is 70.6 Å². The molecule has 2 rings (SSSR count). The second kappa shape index (κ2) is 9.01. The predicted octanol–water partition coefficient (Wildman–Crippen LogP) is 3.17. The molecule has 0 radical (unpaired) electrons. The van der Waals surface area contributed by atoms with Crippen molar-refractivity contribution in [3.63, 3.8) is 0 Å². The maximum absolute atomic E-state index is 13.8. The fourth-order valence-electron chi connectivity index (χ4n) is 2.90. The van der Waals surface area contributed by atoms with Gasteiger partial charge in [0, 0.05) is 0 Å². The van der Waals surface area contributed by atoms with E-state index in [1.807, 2.05) is 6.07 Å². The highest BCUT2D eigenvalue weighted by Gasteiger charge is 2.37. The van der Waals surface area contributed by atoms with Crippen molar-refractivity contribution in [2.75, 3.05) is 13.2 Å². The predicted molar refractivity (Wildman–Crippen MR) is 96.2 cm³/mol. The van der Waals surface area contributed by atoms with Crippen molar-refractivity contribution in [1.29, 1.82) is 5.26 Å². The van der Waals surface area contributed by atoms with Crippen LogP contribution in [0.15, 0.2) is 53.6 Å². The van der Waals surface area contributed by atoms with Crippen molar-refractivity contribution in [2.24, 2.45) is 5.73 Å². The van der Waals surface area contributed by atoms with E-state index in [-0.39, 0.29) is 42.6 Å². The Hall–Kier alpha value is -3.11. The van der Waals surface area contributed by atoms with Crippen LogP contribution in [0.5, 0.6) is 0 Å². The van der Waals surface area contributed by atoms with Crippen LogP contribution < -0.4 is 5.73 Å². The third kappa shape index (κ3) is 4.36. The quantitative estimate of drug-likeness (QED) is 0.449. The SMILES string of the molecule is C=CCOCc1cc(F)ccc1C1C(C#N)=C(N)OC(C)=C1C(=O)OCC. The topological polar surface area (TPSA) is 94.6 Å². The van der Waals surface area contributed by atoms with Crippen molar-refractivity contribution < 1.29 is 23.4 Å². The molecule has 0 saturated heterocycles. The lowest BCUT2D eigenvalue weighted by atomic mass is 9.81. The van der Waals surface area contributed by atoms with Gasteiger partial charge in [-0.05, 0) is 37.1 Å². The van der Waals surface area contributed by atoms with E-state index in [0.717, 1.165) is 0 Å². The van der Waals surface area contributed by atoms with Gasteiger partial charge in [-0.3, -0.25) is 0 Å². The Balaban J connectivity index is 2.62. The highest BCUT2D eigenvalue weighted by molar-refractivity contribution is 5.92. The molecule has 1 aliphatic heterocycles. The van der Waals surface area contributed by atoms with Crippen LogP contribution in [-0.2, 0) is 25.6 Å². The van der Waals surface area contributed by atoms with Gasteiger partial charge < -0.3 is 19.9 Å². The maximum atomic E-state index is 13.8. The van der Waals surface area contributed by atoms with E-state index in [0.29, 0.717) is 11.1 Å². The van der Waals surface area contributed by atoms with Crippen LogP contribution in [-0.4, -0.2) is 19.2 Å². The minimum atomic E-state index is -0.842. The molecule has 1 heterocycles. The summed E-state index contributed by atoms with van der Waals surface area (Å²) >= 11 is 0. The van der Waals surface area contributed by atoms with Crippen LogP contribution in [0, 0.1) is 17.1 Å². The Kier molecular flexibility index (Phi) is 6.74. The molecule has 7 heteroatoms. The summed E-state index contributed by atoms with van der Waals surface area (Å²) in [6.07, 6.45) is 1.57. The molecule has 0 aromatic heterocycles. The van der Waals surface area contributed by atoms with E-state index in [1.54, 1.807) is 19.9 Å². The van der Waals surface area contributed by atoms with E-state index in [2.05, 4.69) is 6.58 Å². The standard InChI is InChI=1S/C20H21FN2O4/c1-4-8-25-11-13-9-14(21)6-7-15(13)18-16(10-22)19(23)27-12(3)17(18)20(24)26-5-2/h4,6-7,9,18H,1,5,8,11,23H2,2-3H3. The van der Waals surface area contributed by atoms with Gasteiger partial charge in [-0.1, -0.05) is 12.1 Å². The summed E-state index contributed by atoms with van der Waals surface area (Å²) in [6.45, 7) is 7.31. The summed E-state index contributed by atoms with van der Waals surface area (Å²) in [6, 6.07) is 6.06. The number of halogens is 1. The number of nitriles is 1. The Labute approximate surface area is 157 Å². The van der Waals surface area contributed by atoms with Crippen LogP contribution >= 0.6 is 0 Å². The summed E-state index contributed by atoms with van der Waals surface area (Å²) in [5, 5.41) is 9.61. The van der Waals surface area contributed by atoms with Gasteiger partial charge in [-0.15, -0.1) is 6.58 Å². The zero-order chi connectivity index (χ0) is 20.0. The first-order chi connectivity index (χ1) is 12.9. The number of nitrogens with two attached hydrogens (primary N) is 1. The average molecular weight is 372 g/mol. The second-order valence-electron chi connectivity index (χ2n) is 5.76. The monoisotopic (exact) mass is 372 g/mol. The molecule has 142 valence electrons. The smallest absolute Gasteiger partial charge is 0.338 e. The van der Waals surface area contributed by atoms with Gasteiger partial charge >= 0.3 is 5.97 Å². The zero-order valence-electron chi connectivity index (χ0n) is 15.3. The van der Waals surface area contributed by atoms with Gasteiger partial charge in [-0.2, -0.15) is 5.26 Å². The molecule has 0 fully saturated rings. The second-order valence-corrected chi connectivity index (χ2v) is 5.76. The maximum Gasteiger partial charge on any atom is 0.338 e. The number of hydrogen-bond donors (Lipinski definition) is 1. The Morgan fingerprint density at radius 2 is 2.26 bits per heavy atom. The molecule has 1 unspecified atom stereocenters. The Morgan fingerprint density at radius 3 is 2.89 bits per heavy atom. The van der Waals surface area contributed by atoms with E-state index in [4.69, 9.17) is 19.9 Å². The van der Waals surface area contributed by atoms with Gasteiger partial charge in [0.15, 0.2) is 0 Å². The largest absolute Gasteiger partial charge is 0.463 e. The number of esters is 1. The Morgan fingerprint density at radius 1 is 1.52 bits per heavy atom. The first-order valence-corrected chi connectivity index (χ1v) is 8.37. The number of carbonyl (C=O) groups excluding carboxylic acids is 1. The summed E-state index contributed by atoms with van der Waals surface area (Å²) in [7, 11) is 0. The molecule has 1 atom stereocenters. The molecule has 1 aromatic rings. The molecule has 0 spiro atoms. The molecule has 1 aliphatic rings. The summed E-state index contributed by atoms with van der Waals surface area (Å²) in [5.41, 5.74) is 7.09. The number of carbonyl (C=O) groups is 1. The first-order valence-electron chi connectivity index (χ1n) is 8.37. The molecule has 1 aromatic carbocycles. The molecule has 0 bridgehead atoms. The number of benzene rings is 1. The minimum absolute atomic E-state index is 0.0558. The van der Waals surface area contributed by atoms with Crippen LogP contribution in [0.3, 0.4) is 0 Å².